The van der Waals surface area contributed by atoms with Crippen LogP contribution < -0.4 is 5.32 Å². The zero-order valence-electron chi connectivity index (χ0n) is 21.8. The van der Waals surface area contributed by atoms with Crippen molar-refractivity contribution in [1.29, 1.82) is 0 Å². The Kier molecular flexibility index (Phi) is 7.41. The van der Waals surface area contributed by atoms with E-state index >= 15 is 0 Å². The molecule has 8 nitrogen and oxygen atoms in total. The Morgan fingerprint density at radius 2 is 1.67 bits per heavy atom. The maximum Gasteiger partial charge on any atom is 0.412 e. The summed E-state index contributed by atoms with van der Waals surface area (Å²) in [6, 6.07) is 23.0. The van der Waals surface area contributed by atoms with Gasteiger partial charge in [-0.25, -0.2) is 4.79 Å². The maximum atomic E-state index is 12.7. The first kappa shape index (κ1) is 26.5. The smallest absolute Gasteiger partial charge is 0.412 e. The van der Waals surface area contributed by atoms with Gasteiger partial charge in [-0.15, -0.1) is 0 Å². The van der Waals surface area contributed by atoms with E-state index in [4.69, 9.17) is 25.6 Å². The molecule has 0 radical (unpaired) electrons. The number of nitrogens with one attached hydrogen (secondary N) is 1. The van der Waals surface area contributed by atoms with Gasteiger partial charge in [0.1, 0.15) is 17.5 Å². The lowest BCUT2D eigenvalue weighted by molar-refractivity contribution is -0.165. The molecule has 39 heavy (non-hydrogen) atoms. The second-order valence-corrected chi connectivity index (χ2v) is 10.1. The lowest BCUT2D eigenvalue weighted by Gasteiger charge is -2.46. The van der Waals surface area contributed by atoms with Crippen molar-refractivity contribution in [2.75, 3.05) is 25.5 Å². The van der Waals surface area contributed by atoms with Crippen molar-refractivity contribution in [2.45, 2.75) is 25.6 Å². The van der Waals surface area contributed by atoms with Crippen LogP contribution in [0, 0.1) is 6.92 Å². The molecular formula is C30H28ClN3O5. The van der Waals surface area contributed by atoms with Gasteiger partial charge in [0.25, 0.3) is 6.47 Å². The van der Waals surface area contributed by atoms with Crippen LogP contribution in [0.4, 0.5) is 10.5 Å². The molecule has 1 atom stereocenters. The second kappa shape index (κ2) is 10.9. The Bertz CT molecular complexity index is 1480. The molecule has 2 heterocycles. The van der Waals surface area contributed by atoms with E-state index in [2.05, 4.69) is 15.4 Å². The number of carbonyl (C=O) groups excluding carboxylic acids is 2. The van der Waals surface area contributed by atoms with E-state index in [-0.39, 0.29) is 0 Å². The van der Waals surface area contributed by atoms with Crippen molar-refractivity contribution < 1.29 is 23.6 Å². The number of hydrogen-bond donors (Lipinski definition) is 1. The Hall–Kier alpha value is -4.14. The fourth-order valence-corrected chi connectivity index (χ4v) is 5.19. The molecule has 0 spiro atoms. The molecular weight excluding hydrogens is 518 g/mol. The highest BCUT2D eigenvalue weighted by Crippen LogP contribution is 2.36. The van der Waals surface area contributed by atoms with Crippen LogP contribution in [0.25, 0.3) is 22.5 Å². The summed E-state index contributed by atoms with van der Waals surface area (Å²) in [5, 5.41) is 7.33. The minimum Gasteiger partial charge on any atom is -0.454 e. The number of amides is 1. The van der Waals surface area contributed by atoms with E-state index in [9.17, 15) is 9.59 Å². The van der Waals surface area contributed by atoms with Gasteiger partial charge in [0.2, 0.25) is 0 Å². The molecule has 1 fully saturated rings. The monoisotopic (exact) mass is 545 g/mol. The molecule has 200 valence electrons. The Balaban J connectivity index is 1.29. The molecule has 5 rings (SSSR count). The fraction of sp³-hybridized carbons (Fsp3) is 0.233. The van der Waals surface area contributed by atoms with Gasteiger partial charge in [-0.05, 0) is 43.7 Å². The van der Waals surface area contributed by atoms with Gasteiger partial charge in [0.15, 0.2) is 11.4 Å². The SMILES string of the molecule is Cc1noc(-c2ccc(-c3ccc(C4(OC=O)CN(C)C4)cc3)cc2)c1NC(=O)O[C@H](C)c1ccccc1Cl. The number of halogens is 1. The lowest BCUT2D eigenvalue weighted by Crippen LogP contribution is -2.58. The van der Waals surface area contributed by atoms with Gasteiger partial charge in [-0.1, -0.05) is 83.5 Å². The predicted molar refractivity (Wildman–Crippen MR) is 148 cm³/mol. The summed E-state index contributed by atoms with van der Waals surface area (Å²) in [5.41, 5.74) is 4.83. The van der Waals surface area contributed by atoms with Gasteiger partial charge >= 0.3 is 6.09 Å². The van der Waals surface area contributed by atoms with Crippen LogP contribution in [0.1, 0.15) is 29.8 Å². The molecule has 1 aliphatic rings. The first-order valence-corrected chi connectivity index (χ1v) is 12.9. The van der Waals surface area contributed by atoms with Crippen molar-refractivity contribution >= 4 is 29.9 Å². The number of likely N-dealkylation sites (tertiary alicyclic amines) is 1. The molecule has 1 aliphatic heterocycles. The van der Waals surface area contributed by atoms with Crippen molar-refractivity contribution in [3.05, 3.63) is 94.6 Å². The number of benzene rings is 3. The minimum absolute atomic E-state index is 0.429. The van der Waals surface area contributed by atoms with E-state index in [1.165, 1.54) is 0 Å². The number of nitrogens with zero attached hydrogens (tertiary/aromatic N) is 2. The highest BCUT2D eigenvalue weighted by molar-refractivity contribution is 6.31. The van der Waals surface area contributed by atoms with E-state index in [0.29, 0.717) is 47.3 Å². The maximum absolute atomic E-state index is 12.7. The van der Waals surface area contributed by atoms with Gasteiger partial charge in [0.05, 0.1) is 0 Å². The number of likely N-dealkylation sites (N-methyl/N-ethyl adjacent to an activating group) is 1. The number of anilines is 1. The summed E-state index contributed by atoms with van der Waals surface area (Å²) in [6.07, 6.45) is -1.18. The Morgan fingerprint density at radius 3 is 2.28 bits per heavy atom. The summed E-state index contributed by atoms with van der Waals surface area (Å²) in [6.45, 7) is 5.36. The van der Waals surface area contributed by atoms with Crippen LogP contribution in [-0.2, 0) is 19.9 Å². The molecule has 9 heteroatoms. The normalized spacial score (nSPS) is 15.2. The fourth-order valence-electron chi connectivity index (χ4n) is 4.90. The van der Waals surface area contributed by atoms with Crippen LogP contribution in [0.5, 0.6) is 0 Å². The van der Waals surface area contributed by atoms with Gasteiger partial charge in [-0.2, -0.15) is 0 Å². The number of carbonyl (C=O) groups is 2. The van der Waals surface area contributed by atoms with Gasteiger partial charge in [0, 0.05) is 29.2 Å². The molecule has 1 N–H and O–H groups in total. The molecule has 0 aliphatic carbocycles. The number of aromatic nitrogens is 1. The lowest BCUT2D eigenvalue weighted by atomic mass is 9.85. The number of ether oxygens (including phenoxy) is 2. The zero-order valence-corrected chi connectivity index (χ0v) is 22.6. The Morgan fingerprint density at radius 1 is 1.05 bits per heavy atom. The molecule has 1 saturated heterocycles. The highest BCUT2D eigenvalue weighted by atomic mass is 35.5. The second-order valence-electron chi connectivity index (χ2n) is 9.70. The predicted octanol–water partition coefficient (Wildman–Crippen LogP) is 6.59. The third-order valence-corrected chi connectivity index (χ3v) is 7.28. The van der Waals surface area contributed by atoms with Crippen molar-refractivity contribution in [3.8, 4) is 22.5 Å². The first-order valence-electron chi connectivity index (χ1n) is 12.5. The van der Waals surface area contributed by atoms with Crippen LogP contribution in [-0.4, -0.2) is 42.8 Å². The highest BCUT2D eigenvalue weighted by Gasteiger charge is 2.44. The quantitative estimate of drug-likeness (QED) is 0.249. The van der Waals surface area contributed by atoms with Crippen LogP contribution in [0.15, 0.2) is 77.3 Å². The molecule has 0 bridgehead atoms. The van der Waals surface area contributed by atoms with E-state index in [1.54, 1.807) is 19.9 Å². The van der Waals surface area contributed by atoms with Gasteiger partial charge in [-0.3, -0.25) is 15.0 Å². The average Bonchev–Trinajstić information content (AvgIpc) is 3.27. The van der Waals surface area contributed by atoms with Crippen LogP contribution >= 0.6 is 11.6 Å². The van der Waals surface area contributed by atoms with Crippen molar-refractivity contribution in [1.82, 2.24) is 10.1 Å². The van der Waals surface area contributed by atoms with E-state index in [1.807, 2.05) is 73.8 Å². The van der Waals surface area contributed by atoms with Crippen LogP contribution in [0.2, 0.25) is 5.02 Å². The summed E-state index contributed by atoms with van der Waals surface area (Å²) < 4.78 is 16.5. The molecule has 0 saturated carbocycles. The summed E-state index contributed by atoms with van der Waals surface area (Å²) in [4.78, 5) is 25.8. The van der Waals surface area contributed by atoms with Crippen molar-refractivity contribution in [2.24, 2.45) is 0 Å². The molecule has 0 unspecified atom stereocenters. The third-order valence-electron chi connectivity index (χ3n) is 6.93. The van der Waals surface area contributed by atoms with E-state index in [0.717, 1.165) is 22.3 Å². The van der Waals surface area contributed by atoms with E-state index < -0.39 is 17.8 Å². The number of aryl methyl sites for hydroxylation is 1. The average molecular weight is 546 g/mol. The standard InChI is InChI=1S/C30H28ClN3O5/c1-19-27(32-29(36)38-20(2)25-6-4-5-7-26(25)31)28(39-33-19)23-10-8-21(9-11-23)22-12-14-24(15-13-22)30(37-18-35)16-34(3)17-30/h4-15,18,20H,16-17H2,1-3H3,(H,32,36)/t20-/m1/s1. The molecule has 1 amide bonds. The summed E-state index contributed by atoms with van der Waals surface area (Å²) in [5.74, 6) is 0.429. The topological polar surface area (TPSA) is 93.9 Å². The van der Waals surface area contributed by atoms with Crippen LogP contribution in [0.3, 0.4) is 0 Å². The van der Waals surface area contributed by atoms with Crippen molar-refractivity contribution in [3.63, 3.8) is 0 Å². The Labute approximate surface area is 231 Å². The van der Waals surface area contributed by atoms with Gasteiger partial charge < -0.3 is 14.0 Å². The molecule has 3 aromatic carbocycles. The largest absolute Gasteiger partial charge is 0.454 e. The third kappa shape index (κ3) is 5.39. The zero-order chi connectivity index (χ0) is 27.6. The number of hydrogen-bond acceptors (Lipinski definition) is 7. The number of rotatable bonds is 8. The summed E-state index contributed by atoms with van der Waals surface area (Å²) >= 11 is 6.23. The molecule has 4 aromatic rings. The summed E-state index contributed by atoms with van der Waals surface area (Å²) in [7, 11) is 1.99. The first-order chi connectivity index (χ1) is 18.8. The molecule has 1 aromatic heterocycles. The minimum atomic E-state index is -0.638.